The molecule has 2 heterocycles. The van der Waals surface area contributed by atoms with E-state index in [9.17, 15) is 30.8 Å². The van der Waals surface area contributed by atoms with Crippen LogP contribution in [0.4, 0.5) is 17.6 Å². The van der Waals surface area contributed by atoms with Crippen molar-refractivity contribution >= 4 is 15.7 Å². The predicted octanol–water partition coefficient (Wildman–Crippen LogP) is 2.77. The number of piperidine rings is 1. The SMILES string of the molecule is CS(=O)(=O)C1(C(=O)NCc2cc(F)cc(C(F)(F)F)c2)CCN(CC2CCOCC2)CC1. The number of benzene rings is 1. The fourth-order valence-corrected chi connectivity index (χ4v) is 5.75. The number of alkyl halides is 3. The van der Waals surface area contributed by atoms with E-state index in [1.807, 2.05) is 0 Å². The molecule has 11 heteroatoms. The second-order valence-electron chi connectivity index (χ2n) is 8.65. The van der Waals surface area contributed by atoms with Gasteiger partial charge in [-0.2, -0.15) is 13.2 Å². The van der Waals surface area contributed by atoms with Crippen LogP contribution in [0.2, 0.25) is 0 Å². The first kappa shape index (κ1) is 24.9. The number of rotatable bonds is 6. The third-order valence-electron chi connectivity index (χ3n) is 6.38. The number of carbonyl (C=O) groups is 1. The first-order valence-corrected chi connectivity index (χ1v) is 12.4. The molecule has 0 saturated carbocycles. The van der Waals surface area contributed by atoms with E-state index >= 15 is 0 Å². The van der Waals surface area contributed by atoms with Crippen molar-refractivity contribution in [3.8, 4) is 0 Å². The van der Waals surface area contributed by atoms with Crippen LogP contribution in [0.15, 0.2) is 18.2 Å². The molecule has 0 aromatic heterocycles. The van der Waals surface area contributed by atoms with E-state index in [0.29, 0.717) is 38.3 Å². The van der Waals surface area contributed by atoms with Gasteiger partial charge in [-0.25, -0.2) is 12.8 Å². The maximum Gasteiger partial charge on any atom is 0.416 e. The fraction of sp³-hybridized carbons (Fsp3) is 0.667. The van der Waals surface area contributed by atoms with Gasteiger partial charge in [-0.1, -0.05) is 0 Å². The first-order chi connectivity index (χ1) is 14.9. The minimum absolute atomic E-state index is 0.0914. The molecule has 0 radical (unpaired) electrons. The van der Waals surface area contributed by atoms with Crippen LogP contribution >= 0.6 is 0 Å². The Hall–Kier alpha value is -1.72. The monoisotopic (exact) mass is 480 g/mol. The molecule has 1 aromatic carbocycles. The molecule has 2 saturated heterocycles. The summed E-state index contributed by atoms with van der Waals surface area (Å²) in [5.41, 5.74) is -1.26. The van der Waals surface area contributed by atoms with Gasteiger partial charge in [0.1, 0.15) is 5.82 Å². The van der Waals surface area contributed by atoms with Crippen LogP contribution in [-0.2, 0) is 32.1 Å². The van der Waals surface area contributed by atoms with Gasteiger partial charge in [0.25, 0.3) is 0 Å². The second kappa shape index (κ2) is 9.64. The molecular weight excluding hydrogens is 452 g/mol. The molecule has 0 spiro atoms. The molecule has 6 nitrogen and oxygen atoms in total. The molecule has 32 heavy (non-hydrogen) atoms. The van der Waals surface area contributed by atoms with Gasteiger partial charge in [0.15, 0.2) is 14.6 Å². The Labute approximate surface area is 185 Å². The van der Waals surface area contributed by atoms with Crippen LogP contribution in [0.1, 0.15) is 36.8 Å². The van der Waals surface area contributed by atoms with Gasteiger partial charge in [-0.15, -0.1) is 0 Å². The van der Waals surface area contributed by atoms with Crippen molar-refractivity contribution in [3.63, 3.8) is 0 Å². The molecule has 0 unspecified atom stereocenters. The van der Waals surface area contributed by atoms with Gasteiger partial charge in [-0.3, -0.25) is 4.79 Å². The molecule has 1 amide bonds. The molecule has 2 aliphatic heterocycles. The molecule has 180 valence electrons. The lowest BCUT2D eigenvalue weighted by atomic mass is 9.92. The molecule has 0 atom stereocenters. The summed E-state index contributed by atoms with van der Waals surface area (Å²) >= 11 is 0. The number of nitrogens with zero attached hydrogens (tertiary/aromatic N) is 1. The van der Waals surface area contributed by atoms with Crippen molar-refractivity contribution in [2.45, 2.75) is 43.2 Å². The minimum atomic E-state index is -4.73. The molecule has 2 fully saturated rings. The van der Waals surface area contributed by atoms with Gasteiger partial charge in [0, 0.05) is 45.6 Å². The summed E-state index contributed by atoms with van der Waals surface area (Å²) in [6, 6.07) is 2.00. The van der Waals surface area contributed by atoms with E-state index in [1.165, 1.54) is 0 Å². The number of likely N-dealkylation sites (tertiary alicyclic amines) is 1. The largest absolute Gasteiger partial charge is 0.416 e. The Morgan fingerprint density at radius 3 is 2.38 bits per heavy atom. The van der Waals surface area contributed by atoms with Crippen molar-refractivity contribution in [1.29, 1.82) is 0 Å². The molecular formula is C21H28F4N2O4S. The normalized spacial score (nSPS) is 20.8. The predicted molar refractivity (Wildman–Crippen MR) is 110 cm³/mol. The summed E-state index contributed by atoms with van der Waals surface area (Å²) < 4.78 is 81.2. The maximum absolute atomic E-state index is 13.6. The van der Waals surface area contributed by atoms with Gasteiger partial charge in [0.05, 0.1) is 5.56 Å². The topological polar surface area (TPSA) is 75.7 Å². The lowest BCUT2D eigenvalue weighted by Crippen LogP contribution is -2.58. The average molecular weight is 481 g/mol. The Morgan fingerprint density at radius 1 is 1.19 bits per heavy atom. The summed E-state index contributed by atoms with van der Waals surface area (Å²) in [7, 11) is -3.80. The van der Waals surface area contributed by atoms with E-state index in [4.69, 9.17) is 4.74 Å². The van der Waals surface area contributed by atoms with Crippen LogP contribution in [0.3, 0.4) is 0 Å². The summed E-state index contributed by atoms with van der Waals surface area (Å²) in [6.45, 7) is 2.69. The van der Waals surface area contributed by atoms with Gasteiger partial charge >= 0.3 is 6.18 Å². The van der Waals surface area contributed by atoms with E-state index < -0.39 is 44.6 Å². The fourth-order valence-electron chi connectivity index (χ4n) is 4.42. The number of nitrogens with one attached hydrogen (secondary N) is 1. The molecule has 0 bridgehead atoms. The molecule has 3 rings (SSSR count). The Bertz CT molecular complexity index is 922. The Morgan fingerprint density at radius 2 is 1.81 bits per heavy atom. The number of halogens is 4. The molecule has 1 N–H and O–H groups in total. The highest BCUT2D eigenvalue weighted by Gasteiger charge is 2.50. The summed E-state index contributed by atoms with van der Waals surface area (Å²) in [6.07, 6.45) is -1.64. The summed E-state index contributed by atoms with van der Waals surface area (Å²) in [4.78, 5) is 15.1. The average Bonchev–Trinajstić information content (AvgIpc) is 2.71. The number of hydrogen-bond donors (Lipinski definition) is 1. The number of carbonyl (C=O) groups excluding carboxylic acids is 1. The third kappa shape index (κ3) is 5.79. The first-order valence-electron chi connectivity index (χ1n) is 10.6. The number of ether oxygens (including phenoxy) is 1. The quantitative estimate of drug-likeness (QED) is 0.634. The van der Waals surface area contributed by atoms with Gasteiger partial charge < -0.3 is 15.0 Å². The lowest BCUT2D eigenvalue weighted by molar-refractivity contribution is -0.137. The number of hydrogen-bond acceptors (Lipinski definition) is 5. The van der Waals surface area contributed by atoms with Crippen LogP contribution in [0.5, 0.6) is 0 Å². The van der Waals surface area contributed by atoms with Crippen LogP contribution in [0, 0.1) is 11.7 Å². The van der Waals surface area contributed by atoms with Crippen LogP contribution < -0.4 is 5.32 Å². The maximum atomic E-state index is 13.6. The highest BCUT2D eigenvalue weighted by molar-refractivity contribution is 7.92. The van der Waals surface area contributed by atoms with E-state index in [0.717, 1.165) is 37.8 Å². The van der Waals surface area contributed by atoms with Gasteiger partial charge in [0.2, 0.25) is 5.91 Å². The van der Waals surface area contributed by atoms with Gasteiger partial charge in [-0.05, 0) is 55.4 Å². The number of sulfone groups is 1. The van der Waals surface area contributed by atoms with Crippen molar-refractivity contribution in [2.24, 2.45) is 5.92 Å². The Balaban J connectivity index is 1.67. The lowest BCUT2D eigenvalue weighted by Gasteiger charge is -2.40. The third-order valence-corrected chi connectivity index (χ3v) is 8.40. The van der Waals surface area contributed by atoms with E-state index in [1.54, 1.807) is 0 Å². The number of amides is 1. The summed E-state index contributed by atoms with van der Waals surface area (Å²) in [5.74, 6) is -1.37. The van der Waals surface area contributed by atoms with Crippen molar-refractivity contribution in [2.75, 3.05) is 39.1 Å². The van der Waals surface area contributed by atoms with E-state index in [2.05, 4.69) is 10.2 Å². The molecule has 1 aromatic rings. The highest BCUT2D eigenvalue weighted by atomic mass is 32.2. The summed E-state index contributed by atoms with van der Waals surface area (Å²) in [5, 5.41) is 2.43. The zero-order valence-corrected chi connectivity index (χ0v) is 18.7. The molecule has 0 aliphatic carbocycles. The molecule has 2 aliphatic rings. The minimum Gasteiger partial charge on any atom is -0.381 e. The highest BCUT2D eigenvalue weighted by Crippen LogP contribution is 2.33. The smallest absolute Gasteiger partial charge is 0.381 e. The van der Waals surface area contributed by atoms with E-state index in [-0.39, 0.29) is 18.4 Å². The van der Waals surface area contributed by atoms with Crippen LogP contribution in [0.25, 0.3) is 0 Å². The standard InChI is InChI=1S/C21H28F4N2O4S/c1-32(29,30)20(4-6-27(7-5-20)14-15-2-8-31-9-3-15)19(28)26-13-16-10-17(21(23,24)25)12-18(22)11-16/h10-12,15H,2-9,13-14H2,1H3,(H,26,28). The zero-order valence-electron chi connectivity index (χ0n) is 17.9. The second-order valence-corrected chi connectivity index (χ2v) is 11.0. The van der Waals surface area contributed by atoms with Crippen LogP contribution in [-0.4, -0.2) is 63.1 Å². The zero-order chi connectivity index (χ0) is 23.6. The van der Waals surface area contributed by atoms with Crippen molar-refractivity contribution in [3.05, 3.63) is 35.1 Å². The van der Waals surface area contributed by atoms with Crippen molar-refractivity contribution < 1.29 is 35.5 Å². The Kier molecular flexibility index (Phi) is 7.51. The van der Waals surface area contributed by atoms with Crippen molar-refractivity contribution in [1.82, 2.24) is 10.2 Å².